The molecule has 0 spiro atoms. The van der Waals surface area contributed by atoms with Crippen molar-refractivity contribution in [1.82, 2.24) is 0 Å². The Balaban J connectivity index is 1.82. The number of ketones is 2. The standard InChI is InChI=1S/C24H26O12/c1-31-12-7-10-15(23(34-4)22(12)33-3)18(28)14-9(16(10)26)5-6-11(21(14)32-2)35-24-20(30)19(29)17(27)13(8-25)36-24/h5-7,13,17,19-20,24-25,27,29-30H,8H2,1-4H3/t13-,17-,19+,20-,24-/m1/s1. The van der Waals surface area contributed by atoms with Gasteiger partial charge in [0.2, 0.25) is 17.8 Å². The van der Waals surface area contributed by atoms with Crippen LogP contribution in [-0.4, -0.2) is 97.7 Å². The number of hydrogen-bond donors (Lipinski definition) is 4. The molecule has 4 N–H and O–H groups in total. The molecule has 2 aromatic rings. The van der Waals surface area contributed by atoms with E-state index >= 15 is 0 Å². The summed E-state index contributed by atoms with van der Waals surface area (Å²) < 4.78 is 32.6. The first kappa shape index (κ1) is 25.7. The second-order valence-electron chi connectivity index (χ2n) is 8.06. The fourth-order valence-corrected chi connectivity index (χ4v) is 4.39. The smallest absolute Gasteiger partial charge is 0.229 e. The molecule has 0 aromatic heterocycles. The van der Waals surface area contributed by atoms with Gasteiger partial charge in [-0.05, 0) is 18.2 Å². The molecule has 0 unspecified atom stereocenters. The Kier molecular flexibility index (Phi) is 7.07. The molecule has 12 heteroatoms. The molecule has 0 amide bonds. The molecule has 1 heterocycles. The fraction of sp³-hybridized carbons (Fsp3) is 0.417. The van der Waals surface area contributed by atoms with E-state index in [1.165, 1.54) is 46.6 Å². The maximum Gasteiger partial charge on any atom is 0.229 e. The predicted octanol–water partition coefficient (Wildman–Crippen LogP) is -0.325. The average Bonchev–Trinajstić information content (AvgIpc) is 2.90. The molecule has 1 fully saturated rings. The Labute approximate surface area is 205 Å². The van der Waals surface area contributed by atoms with Crippen molar-refractivity contribution in [2.24, 2.45) is 0 Å². The molecule has 0 bridgehead atoms. The van der Waals surface area contributed by atoms with E-state index in [1.807, 2.05) is 0 Å². The topological polar surface area (TPSA) is 170 Å². The molecule has 1 aliphatic heterocycles. The van der Waals surface area contributed by atoms with Gasteiger partial charge in [-0.1, -0.05) is 0 Å². The third kappa shape index (κ3) is 3.83. The van der Waals surface area contributed by atoms with Crippen LogP contribution in [0.4, 0.5) is 0 Å². The van der Waals surface area contributed by atoms with Crippen molar-refractivity contribution >= 4 is 11.6 Å². The number of hydrogen-bond acceptors (Lipinski definition) is 12. The van der Waals surface area contributed by atoms with Gasteiger partial charge in [0, 0.05) is 11.1 Å². The van der Waals surface area contributed by atoms with E-state index in [0.29, 0.717) is 0 Å². The Morgan fingerprint density at radius 1 is 0.750 bits per heavy atom. The van der Waals surface area contributed by atoms with Gasteiger partial charge in [-0.25, -0.2) is 0 Å². The molecule has 4 rings (SSSR count). The van der Waals surface area contributed by atoms with Gasteiger partial charge in [-0.15, -0.1) is 0 Å². The summed E-state index contributed by atoms with van der Waals surface area (Å²) in [5, 5.41) is 39.8. The molecule has 0 radical (unpaired) electrons. The van der Waals surface area contributed by atoms with E-state index in [2.05, 4.69) is 0 Å². The lowest BCUT2D eigenvalue weighted by molar-refractivity contribution is -0.277. The molecule has 2 aliphatic rings. The lowest BCUT2D eigenvalue weighted by Crippen LogP contribution is -2.60. The van der Waals surface area contributed by atoms with Gasteiger partial charge >= 0.3 is 0 Å². The number of carbonyl (C=O) groups is 2. The van der Waals surface area contributed by atoms with Gasteiger partial charge in [0.15, 0.2) is 28.8 Å². The zero-order valence-electron chi connectivity index (χ0n) is 19.9. The number of methoxy groups -OCH3 is 4. The second-order valence-corrected chi connectivity index (χ2v) is 8.06. The Hall–Kier alpha value is -3.42. The van der Waals surface area contributed by atoms with E-state index in [-0.39, 0.29) is 51.0 Å². The summed E-state index contributed by atoms with van der Waals surface area (Å²) in [6, 6.07) is 4.08. The van der Waals surface area contributed by atoms with Crippen LogP contribution in [0.5, 0.6) is 28.7 Å². The summed E-state index contributed by atoms with van der Waals surface area (Å²) in [5.74, 6) is -1.03. The first-order valence-electron chi connectivity index (χ1n) is 10.8. The first-order chi connectivity index (χ1) is 17.2. The van der Waals surface area contributed by atoms with Crippen LogP contribution < -0.4 is 23.7 Å². The Bertz CT molecular complexity index is 1190. The van der Waals surface area contributed by atoms with Crippen LogP contribution >= 0.6 is 0 Å². The van der Waals surface area contributed by atoms with Crippen molar-refractivity contribution in [2.75, 3.05) is 35.0 Å². The number of ether oxygens (including phenoxy) is 6. The zero-order chi connectivity index (χ0) is 26.3. The highest BCUT2D eigenvalue weighted by Crippen LogP contribution is 2.48. The van der Waals surface area contributed by atoms with Crippen molar-refractivity contribution in [3.05, 3.63) is 40.5 Å². The van der Waals surface area contributed by atoms with Gasteiger partial charge in [0.1, 0.15) is 24.4 Å². The van der Waals surface area contributed by atoms with Crippen molar-refractivity contribution < 1.29 is 58.4 Å². The van der Waals surface area contributed by atoms with Crippen LogP contribution in [-0.2, 0) is 4.74 Å². The number of carbonyl (C=O) groups excluding carboxylic acids is 2. The lowest BCUT2D eigenvalue weighted by atomic mass is 9.82. The minimum atomic E-state index is -1.70. The number of benzene rings is 2. The third-order valence-corrected chi connectivity index (χ3v) is 6.19. The molecular formula is C24H26O12. The highest BCUT2D eigenvalue weighted by molar-refractivity contribution is 6.31. The molecule has 12 nitrogen and oxygen atoms in total. The van der Waals surface area contributed by atoms with Crippen LogP contribution in [0, 0.1) is 0 Å². The zero-order valence-corrected chi connectivity index (χ0v) is 19.9. The van der Waals surface area contributed by atoms with Crippen molar-refractivity contribution in [3.63, 3.8) is 0 Å². The molecule has 2 aromatic carbocycles. The van der Waals surface area contributed by atoms with Crippen LogP contribution in [0.1, 0.15) is 31.8 Å². The summed E-state index contributed by atoms with van der Waals surface area (Å²) >= 11 is 0. The molecule has 36 heavy (non-hydrogen) atoms. The maximum atomic E-state index is 13.7. The Morgan fingerprint density at radius 2 is 1.39 bits per heavy atom. The molecule has 1 saturated heterocycles. The quantitative estimate of drug-likeness (QED) is 0.330. The Morgan fingerprint density at radius 3 is 1.97 bits per heavy atom. The monoisotopic (exact) mass is 506 g/mol. The second kappa shape index (κ2) is 9.91. The molecule has 0 saturated carbocycles. The number of rotatable bonds is 7. The van der Waals surface area contributed by atoms with Crippen molar-refractivity contribution in [3.8, 4) is 28.7 Å². The molecular weight excluding hydrogens is 480 g/mol. The van der Waals surface area contributed by atoms with Gasteiger partial charge < -0.3 is 48.8 Å². The maximum absolute atomic E-state index is 13.7. The molecule has 194 valence electrons. The SMILES string of the molecule is COc1cc2c(c(OC)c1OC)C(=O)c1c(ccc(O[C@@H]3O[C@H](CO)[C@@H](O)[C@H](O)[C@H]3O)c1OC)C2=O. The van der Waals surface area contributed by atoms with Crippen LogP contribution in [0.3, 0.4) is 0 Å². The van der Waals surface area contributed by atoms with Gasteiger partial charge in [-0.3, -0.25) is 9.59 Å². The molecule has 1 aliphatic carbocycles. The molecule has 5 atom stereocenters. The van der Waals surface area contributed by atoms with E-state index in [0.717, 1.165) is 0 Å². The third-order valence-electron chi connectivity index (χ3n) is 6.19. The minimum absolute atomic E-state index is 0.00171. The highest BCUT2D eigenvalue weighted by atomic mass is 16.7. The van der Waals surface area contributed by atoms with Gasteiger partial charge in [0.25, 0.3) is 0 Å². The number of aliphatic hydroxyl groups is 4. The largest absolute Gasteiger partial charge is 0.493 e. The van der Waals surface area contributed by atoms with Crippen LogP contribution in [0.25, 0.3) is 0 Å². The summed E-state index contributed by atoms with van der Waals surface area (Å²) in [4.78, 5) is 27.2. The van der Waals surface area contributed by atoms with Gasteiger partial charge in [0.05, 0.1) is 46.2 Å². The van der Waals surface area contributed by atoms with Crippen molar-refractivity contribution in [1.29, 1.82) is 0 Å². The number of fused-ring (bicyclic) bond motifs is 2. The van der Waals surface area contributed by atoms with Crippen molar-refractivity contribution in [2.45, 2.75) is 30.7 Å². The summed E-state index contributed by atoms with van der Waals surface area (Å²) in [7, 11) is 5.33. The predicted molar refractivity (Wildman–Crippen MR) is 120 cm³/mol. The van der Waals surface area contributed by atoms with E-state index in [4.69, 9.17) is 28.4 Å². The summed E-state index contributed by atoms with van der Waals surface area (Å²) in [6.45, 7) is -0.652. The van der Waals surface area contributed by atoms with E-state index in [1.54, 1.807) is 0 Å². The number of aliphatic hydroxyl groups excluding tert-OH is 4. The minimum Gasteiger partial charge on any atom is -0.493 e. The van der Waals surface area contributed by atoms with E-state index in [9.17, 15) is 30.0 Å². The fourth-order valence-electron chi connectivity index (χ4n) is 4.39. The highest BCUT2D eigenvalue weighted by Gasteiger charge is 2.45. The summed E-state index contributed by atoms with van der Waals surface area (Å²) in [5.41, 5.74) is -0.106. The van der Waals surface area contributed by atoms with Crippen LogP contribution in [0.2, 0.25) is 0 Å². The average molecular weight is 506 g/mol. The van der Waals surface area contributed by atoms with E-state index < -0.39 is 48.9 Å². The van der Waals surface area contributed by atoms with Gasteiger partial charge in [-0.2, -0.15) is 0 Å². The normalized spacial score (nSPS) is 25.1. The lowest BCUT2D eigenvalue weighted by Gasteiger charge is -2.39. The first-order valence-corrected chi connectivity index (χ1v) is 10.8. The van der Waals surface area contributed by atoms with Crippen LogP contribution in [0.15, 0.2) is 18.2 Å². The summed E-state index contributed by atoms with van der Waals surface area (Å²) in [6.07, 6.45) is -7.69.